The summed E-state index contributed by atoms with van der Waals surface area (Å²) in [6.45, 7) is 0. The molecule has 1 N–H and O–H groups in total. The van der Waals surface area contributed by atoms with Crippen LogP contribution in [0.25, 0.3) is 0 Å². The normalized spacial score (nSPS) is 12.0. The molecule has 2 aromatic rings. The molecule has 6 heteroatoms. The molecule has 0 aromatic carbocycles. The van der Waals surface area contributed by atoms with Gasteiger partial charge in [-0.2, -0.15) is 4.98 Å². The highest BCUT2D eigenvalue weighted by Gasteiger charge is 2.18. The maximum absolute atomic E-state index is 5.32. The van der Waals surface area contributed by atoms with E-state index in [0.29, 0.717) is 11.8 Å². The second-order valence-corrected chi connectivity index (χ2v) is 4.55. The largest absolute Gasteiger partial charge is 0.480 e. The molecular formula is C15H20N4O2. The van der Waals surface area contributed by atoms with Crippen molar-refractivity contribution in [3.05, 3.63) is 42.0 Å². The van der Waals surface area contributed by atoms with E-state index in [1.807, 2.05) is 19.3 Å². The van der Waals surface area contributed by atoms with Crippen molar-refractivity contribution in [2.45, 2.75) is 18.9 Å². The molecule has 0 fully saturated rings. The maximum Gasteiger partial charge on any atom is 0.240 e. The van der Waals surface area contributed by atoms with E-state index < -0.39 is 0 Å². The third-order valence-corrected chi connectivity index (χ3v) is 3.27. The number of ether oxygens (including phenoxy) is 2. The second kappa shape index (κ2) is 7.54. The molecule has 2 aromatic heterocycles. The summed E-state index contributed by atoms with van der Waals surface area (Å²) in [5.74, 6) is 0.928. The summed E-state index contributed by atoms with van der Waals surface area (Å²) in [5, 5.41) is 3.26. The summed E-state index contributed by atoms with van der Waals surface area (Å²) in [6.07, 6.45) is 7.03. The molecule has 0 aliphatic carbocycles. The van der Waals surface area contributed by atoms with Crippen LogP contribution >= 0.6 is 0 Å². The summed E-state index contributed by atoms with van der Waals surface area (Å²) < 4.78 is 10.4. The van der Waals surface area contributed by atoms with Crippen molar-refractivity contribution < 1.29 is 9.47 Å². The Balaban J connectivity index is 2.13. The smallest absolute Gasteiger partial charge is 0.240 e. The fourth-order valence-corrected chi connectivity index (χ4v) is 2.13. The Kier molecular flexibility index (Phi) is 5.45. The first kappa shape index (κ1) is 15.2. The van der Waals surface area contributed by atoms with Gasteiger partial charge in [0.05, 0.1) is 26.5 Å². The Morgan fingerprint density at radius 2 is 2.10 bits per heavy atom. The fourth-order valence-electron chi connectivity index (χ4n) is 2.13. The quantitative estimate of drug-likeness (QED) is 0.837. The summed E-state index contributed by atoms with van der Waals surface area (Å²) in [5.41, 5.74) is 1.97. The van der Waals surface area contributed by atoms with Crippen molar-refractivity contribution >= 4 is 0 Å². The highest BCUT2D eigenvalue weighted by atomic mass is 16.5. The highest BCUT2D eigenvalue weighted by Crippen LogP contribution is 2.26. The minimum atomic E-state index is 0.0542. The predicted molar refractivity (Wildman–Crippen MR) is 79.5 cm³/mol. The first-order chi connectivity index (χ1) is 10.3. The second-order valence-electron chi connectivity index (χ2n) is 4.55. The van der Waals surface area contributed by atoms with Crippen LogP contribution in [-0.2, 0) is 6.42 Å². The molecule has 112 valence electrons. The molecule has 21 heavy (non-hydrogen) atoms. The highest BCUT2D eigenvalue weighted by molar-refractivity contribution is 5.26. The maximum atomic E-state index is 5.32. The molecule has 1 atom stereocenters. The standard InChI is InChI=1S/C15H20N4O2/c1-16-12(7-6-11-5-4-8-17-9-11)14-15(21-3)19-13(20-2)10-18-14/h4-5,8-10,12,16H,6-7H2,1-3H3. The predicted octanol–water partition coefficient (Wildman–Crippen LogP) is 1.78. The van der Waals surface area contributed by atoms with Crippen LogP contribution in [-0.4, -0.2) is 36.2 Å². The van der Waals surface area contributed by atoms with E-state index in [2.05, 4.69) is 26.3 Å². The molecule has 2 rings (SSSR count). The average Bonchev–Trinajstić information content (AvgIpc) is 2.56. The summed E-state index contributed by atoms with van der Waals surface area (Å²) in [4.78, 5) is 12.8. The van der Waals surface area contributed by atoms with Crippen LogP contribution in [0.1, 0.15) is 23.7 Å². The number of nitrogens with zero attached hydrogens (tertiary/aromatic N) is 3. The number of methoxy groups -OCH3 is 2. The van der Waals surface area contributed by atoms with E-state index in [1.165, 1.54) is 5.56 Å². The van der Waals surface area contributed by atoms with E-state index >= 15 is 0 Å². The Labute approximate surface area is 124 Å². The molecule has 0 bridgehead atoms. The van der Waals surface area contributed by atoms with E-state index in [4.69, 9.17) is 9.47 Å². The molecule has 0 saturated carbocycles. The lowest BCUT2D eigenvalue weighted by atomic mass is 10.0. The Morgan fingerprint density at radius 3 is 2.71 bits per heavy atom. The van der Waals surface area contributed by atoms with Crippen LogP contribution in [0.5, 0.6) is 11.8 Å². The monoisotopic (exact) mass is 288 g/mol. The first-order valence-corrected chi connectivity index (χ1v) is 6.79. The van der Waals surface area contributed by atoms with Gasteiger partial charge in [0.15, 0.2) is 0 Å². The van der Waals surface area contributed by atoms with Crippen molar-refractivity contribution in [3.8, 4) is 11.8 Å². The number of aryl methyl sites for hydroxylation is 1. The number of hydrogen-bond donors (Lipinski definition) is 1. The summed E-state index contributed by atoms with van der Waals surface area (Å²) in [7, 11) is 5.04. The van der Waals surface area contributed by atoms with Gasteiger partial charge in [-0.15, -0.1) is 0 Å². The zero-order chi connectivity index (χ0) is 15.1. The van der Waals surface area contributed by atoms with Crippen molar-refractivity contribution in [3.63, 3.8) is 0 Å². The number of hydrogen-bond acceptors (Lipinski definition) is 6. The molecule has 0 aliphatic rings. The van der Waals surface area contributed by atoms with E-state index in [9.17, 15) is 0 Å². The van der Waals surface area contributed by atoms with Crippen molar-refractivity contribution in [2.24, 2.45) is 0 Å². The van der Waals surface area contributed by atoms with Gasteiger partial charge < -0.3 is 14.8 Å². The van der Waals surface area contributed by atoms with Gasteiger partial charge in [0.25, 0.3) is 0 Å². The van der Waals surface area contributed by atoms with Gasteiger partial charge in [-0.25, -0.2) is 4.98 Å². The van der Waals surface area contributed by atoms with Crippen molar-refractivity contribution in [1.82, 2.24) is 20.3 Å². The third kappa shape index (κ3) is 3.88. The van der Waals surface area contributed by atoms with Crippen LogP contribution in [0, 0.1) is 0 Å². The van der Waals surface area contributed by atoms with Gasteiger partial charge in [0, 0.05) is 12.4 Å². The van der Waals surface area contributed by atoms with Gasteiger partial charge >= 0.3 is 0 Å². The molecule has 0 aliphatic heterocycles. The lowest BCUT2D eigenvalue weighted by molar-refractivity contribution is 0.349. The average molecular weight is 288 g/mol. The SMILES string of the molecule is CNC(CCc1cccnc1)c1ncc(OC)nc1OC. The van der Waals surface area contributed by atoms with Crippen molar-refractivity contribution in [1.29, 1.82) is 0 Å². The molecule has 6 nitrogen and oxygen atoms in total. The van der Waals surface area contributed by atoms with E-state index in [-0.39, 0.29) is 6.04 Å². The summed E-state index contributed by atoms with van der Waals surface area (Å²) >= 11 is 0. The van der Waals surface area contributed by atoms with Crippen molar-refractivity contribution in [2.75, 3.05) is 21.3 Å². The van der Waals surface area contributed by atoms with E-state index in [0.717, 1.165) is 18.5 Å². The zero-order valence-corrected chi connectivity index (χ0v) is 12.5. The lowest BCUT2D eigenvalue weighted by Crippen LogP contribution is -2.20. The molecule has 2 heterocycles. The van der Waals surface area contributed by atoms with Gasteiger partial charge in [0.1, 0.15) is 5.69 Å². The fraction of sp³-hybridized carbons (Fsp3) is 0.400. The Morgan fingerprint density at radius 1 is 1.24 bits per heavy atom. The van der Waals surface area contributed by atoms with Crippen LogP contribution in [0.15, 0.2) is 30.7 Å². The minimum absolute atomic E-state index is 0.0542. The first-order valence-electron chi connectivity index (χ1n) is 6.79. The topological polar surface area (TPSA) is 69.2 Å². The number of nitrogens with one attached hydrogen (secondary N) is 1. The lowest BCUT2D eigenvalue weighted by Gasteiger charge is -2.17. The van der Waals surface area contributed by atoms with Gasteiger partial charge in [-0.1, -0.05) is 6.07 Å². The molecule has 0 amide bonds. The third-order valence-electron chi connectivity index (χ3n) is 3.27. The van der Waals surface area contributed by atoms with Crippen LogP contribution in [0.4, 0.5) is 0 Å². The number of rotatable bonds is 7. The molecule has 0 saturated heterocycles. The molecule has 1 unspecified atom stereocenters. The molecular weight excluding hydrogens is 268 g/mol. The molecule has 0 spiro atoms. The molecule has 0 radical (unpaired) electrons. The van der Waals surface area contributed by atoms with Crippen LogP contribution in [0.2, 0.25) is 0 Å². The van der Waals surface area contributed by atoms with E-state index in [1.54, 1.807) is 26.6 Å². The minimum Gasteiger partial charge on any atom is -0.480 e. The Bertz CT molecular complexity index is 563. The van der Waals surface area contributed by atoms with Crippen LogP contribution < -0.4 is 14.8 Å². The number of pyridine rings is 1. The van der Waals surface area contributed by atoms with Gasteiger partial charge in [-0.05, 0) is 31.5 Å². The van der Waals surface area contributed by atoms with Gasteiger partial charge in [-0.3, -0.25) is 4.98 Å². The summed E-state index contributed by atoms with van der Waals surface area (Å²) in [6, 6.07) is 4.06. The van der Waals surface area contributed by atoms with Gasteiger partial charge in [0.2, 0.25) is 11.8 Å². The Hall–Kier alpha value is -2.21. The number of aromatic nitrogens is 3. The van der Waals surface area contributed by atoms with Crippen LogP contribution in [0.3, 0.4) is 0 Å². The zero-order valence-electron chi connectivity index (χ0n) is 12.5.